The lowest BCUT2D eigenvalue weighted by molar-refractivity contribution is 0.0429. The summed E-state index contributed by atoms with van der Waals surface area (Å²) < 4.78 is 24.3. The minimum atomic E-state index is -1.04. The lowest BCUT2D eigenvalue weighted by atomic mass is 10.2. The molecular formula is C16H21FN4O4. The Kier molecular flexibility index (Phi) is 4.70. The second kappa shape index (κ2) is 6.30. The van der Waals surface area contributed by atoms with Crippen LogP contribution in [-0.4, -0.2) is 38.3 Å². The van der Waals surface area contributed by atoms with Crippen molar-refractivity contribution in [2.75, 3.05) is 4.90 Å². The van der Waals surface area contributed by atoms with E-state index in [2.05, 4.69) is 15.0 Å². The molecule has 0 fully saturated rings. The first-order chi connectivity index (χ1) is 11.4. The number of hydrogen-bond donors (Lipinski definition) is 1. The fourth-order valence-electron chi connectivity index (χ4n) is 1.92. The normalized spacial score (nSPS) is 12.1. The number of rotatable bonds is 1. The third kappa shape index (κ3) is 4.65. The monoisotopic (exact) mass is 352 g/mol. The second-order valence-electron chi connectivity index (χ2n) is 7.36. The molecule has 0 saturated heterocycles. The number of carbonyl (C=O) groups is 2. The molecule has 0 atom stereocenters. The van der Waals surface area contributed by atoms with Crippen LogP contribution >= 0.6 is 0 Å². The number of aromatic nitrogens is 3. The number of ether oxygens (including phenoxy) is 2. The summed E-state index contributed by atoms with van der Waals surface area (Å²) in [6.45, 7) is 9.84. The molecule has 0 unspecified atom stereocenters. The highest BCUT2D eigenvalue weighted by molar-refractivity contribution is 6.12. The van der Waals surface area contributed by atoms with E-state index in [1.807, 2.05) is 0 Å². The van der Waals surface area contributed by atoms with Crippen molar-refractivity contribution in [1.82, 2.24) is 15.0 Å². The van der Waals surface area contributed by atoms with Crippen molar-refractivity contribution in [1.29, 1.82) is 0 Å². The molecular weight excluding hydrogens is 331 g/mol. The van der Waals surface area contributed by atoms with Gasteiger partial charge in [0.2, 0.25) is 5.95 Å². The van der Waals surface area contributed by atoms with E-state index in [0.29, 0.717) is 4.90 Å². The quantitative estimate of drug-likeness (QED) is 0.785. The standard InChI is InChI=1S/C16H21FN4O4/c1-15(2,3)24-13(22)21(14(23)25-16(4,5)6)12-11-9(18-8-19-11)7-10(17)20-12/h7-8H,1-6H3,(H,18,19). The fraction of sp³-hybridized carbons (Fsp3) is 0.500. The van der Waals surface area contributed by atoms with Crippen molar-refractivity contribution in [2.45, 2.75) is 52.7 Å². The van der Waals surface area contributed by atoms with Crippen molar-refractivity contribution in [3.8, 4) is 0 Å². The molecule has 8 nitrogen and oxygen atoms in total. The van der Waals surface area contributed by atoms with Crippen LogP contribution in [0.1, 0.15) is 41.5 Å². The Morgan fingerprint density at radius 3 is 2.08 bits per heavy atom. The van der Waals surface area contributed by atoms with Crippen LogP contribution in [0.2, 0.25) is 0 Å². The van der Waals surface area contributed by atoms with Crippen LogP contribution in [0.4, 0.5) is 19.8 Å². The van der Waals surface area contributed by atoms with Gasteiger partial charge in [-0.2, -0.15) is 14.3 Å². The minimum absolute atomic E-state index is 0.137. The highest BCUT2D eigenvalue weighted by Gasteiger charge is 2.35. The van der Waals surface area contributed by atoms with Gasteiger partial charge in [0.05, 0.1) is 11.8 Å². The zero-order chi connectivity index (χ0) is 19.0. The van der Waals surface area contributed by atoms with Crippen LogP contribution in [0, 0.1) is 5.95 Å². The number of pyridine rings is 1. The number of anilines is 1. The molecule has 25 heavy (non-hydrogen) atoms. The van der Waals surface area contributed by atoms with Crippen LogP contribution in [0.25, 0.3) is 11.0 Å². The van der Waals surface area contributed by atoms with Gasteiger partial charge in [-0.3, -0.25) is 0 Å². The predicted molar refractivity (Wildman–Crippen MR) is 88.8 cm³/mol. The molecule has 0 radical (unpaired) electrons. The molecule has 0 bridgehead atoms. The molecule has 0 aliphatic carbocycles. The molecule has 2 rings (SSSR count). The van der Waals surface area contributed by atoms with Crippen molar-refractivity contribution in [3.63, 3.8) is 0 Å². The Bertz CT molecular complexity index is 777. The molecule has 0 aliphatic heterocycles. The third-order valence-electron chi connectivity index (χ3n) is 2.72. The summed E-state index contributed by atoms with van der Waals surface area (Å²) in [6.07, 6.45) is -0.772. The van der Waals surface area contributed by atoms with E-state index in [1.54, 1.807) is 41.5 Å². The maximum atomic E-state index is 13.8. The van der Waals surface area contributed by atoms with Crippen molar-refractivity contribution in [3.05, 3.63) is 18.3 Å². The molecule has 0 aromatic carbocycles. The van der Waals surface area contributed by atoms with Gasteiger partial charge in [-0.05, 0) is 41.5 Å². The Balaban J connectivity index is 2.55. The van der Waals surface area contributed by atoms with Gasteiger partial charge in [0.15, 0.2) is 5.82 Å². The number of halogens is 1. The van der Waals surface area contributed by atoms with E-state index in [4.69, 9.17) is 9.47 Å². The topological polar surface area (TPSA) is 97.4 Å². The molecule has 0 spiro atoms. The van der Waals surface area contributed by atoms with Crippen molar-refractivity contribution < 1.29 is 23.5 Å². The minimum Gasteiger partial charge on any atom is -0.443 e. The van der Waals surface area contributed by atoms with Gasteiger partial charge < -0.3 is 14.5 Å². The highest BCUT2D eigenvalue weighted by Crippen LogP contribution is 2.26. The summed E-state index contributed by atoms with van der Waals surface area (Å²) in [5.74, 6) is -1.19. The number of hydrogen-bond acceptors (Lipinski definition) is 6. The average molecular weight is 352 g/mol. The van der Waals surface area contributed by atoms with Gasteiger partial charge in [0, 0.05) is 6.07 Å². The Morgan fingerprint density at radius 1 is 1.08 bits per heavy atom. The molecule has 0 saturated carbocycles. The summed E-state index contributed by atoms with van der Waals surface area (Å²) in [7, 11) is 0. The molecule has 2 aromatic rings. The first-order valence-corrected chi connectivity index (χ1v) is 7.63. The van der Waals surface area contributed by atoms with Crippen LogP contribution in [-0.2, 0) is 9.47 Å². The number of H-pyrrole nitrogens is 1. The lowest BCUT2D eigenvalue weighted by Crippen LogP contribution is -2.44. The number of aromatic amines is 1. The SMILES string of the molecule is CC(C)(C)OC(=O)N(C(=O)OC(C)(C)C)c1nc(F)cc2[nH]cnc12. The molecule has 9 heteroatoms. The molecule has 1 N–H and O–H groups in total. The number of nitrogens with one attached hydrogen (secondary N) is 1. The zero-order valence-electron chi connectivity index (χ0n) is 15.0. The molecule has 2 aromatic heterocycles. The Hall–Kier alpha value is -2.71. The van der Waals surface area contributed by atoms with Crippen molar-refractivity contribution >= 4 is 29.0 Å². The lowest BCUT2D eigenvalue weighted by Gasteiger charge is -2.28. The van der Waals surface area contributed by atoms with Gasteiger partial charge in [0.25, 0.3) is 0 Å². The number of imidazole rings is 1. The Labute approximate surface area is 144 Å². The maximum absolute atomic E-state index is 13.8. The summed E-state index contributed by atoms with van der Waals surface area (Å²) in [4.78, 5) is 36.0. The van der Waals surface area contributed by atoms with E-state index in [-0.39, 0.29) is 16.9 Å². The first-order valence-electron chi connectivity index (χ1n) is 7.63. The van der Waals surface area contributed by atoms with E-state index in [9.17, 15) is 14.0 Å². The van der Waals surface area contributed by atoms with Gasteiger partial charge in [-0.25, -0.2) is 14.6 Å². The van der Waals surface area contributed by atoms with Gasteiger partial charge in [-0.1, -0.05) is 0 Å². The number of amides is 2. The molecule has 2 heterocycles. The third-order valence-corrected chi connectivity index (χ3v) is 2.72. The largest absolute Gasteiger partial charge is 0.443 e. The average Bonchev–Trinajstić information content (AvgIpc) is 2.82. The smallest absolute Gasteiger partial charge is 0.425 e. The second-order valence-corrected chi connectivity index (χ2v) is 7.36. The molecule has 0 aliphatic rings. The first kappa shape index (κ1) is 18.6. The van der Waals surface area contributed by atoms with Crippen LogP contribution in [0.15, 0.2) is 12.4 Å². The highest BCUT2D eigenvalue weighted by atomic mass is 19.1. The summed E-state index contributed by atoms with van der Waals surface area (Å²) in [5.41, 5.74) is -1.34. The van der Waals surface area contributed by atoms with E-state index < -0.39 is 29.3 Å². The van der Waals surface area contributed by atoms with Crippen LogP contribution in [0.5, 0.6) is 0 Å². The van der Waals surface area contributed by atoms with Crippen molar-refractivity contribution in [2.24, 2.45) is 0 Å². The zero-order valence-corrected chi connectivity index (χ0v) is 15.0. The van der Waals surface area contributed by atoms with Crippen LogP contribution < -0.4 is 4.90 Å². The number of nitrogens with zero attached hydrogens (tertiary/aromatic N) is 3. The Morgan fingerprint density at radius 2 is 1.60 bits per heavy atom. The number of carbonyl (C=O) groups excluding carboxylic acids is 2. The van der Waals surface area contributed by atoms with Gasteiger partial charge in [0.1, 0.15) is 16.7 Å². The van der Waals surface area contributed by atoms with Gasteiger partial charge >= 0.3 is 12.2 Å². The fourth-order valence-corrected chi connectivity index (χ4v) is 1.92. The summed E-state index contributed by atoms with van der Waals surface area (Å²) >= 11 is 0. The number of fused-ring (bicyclic) bond motifs is 1. The number of imide groups is 1. The maximum Gasteiger partial charge on any atom is 0.425 e. The van der Waals surface area contributed by atoms with E-state index in [0.717, 1.165) is 6.07 Å². The summed E-state index contributed by atoms with van der Waals surface area (Å²) in [5, 5.41) is 0. The predicted octanol–water partition coefficient (Wildman–Crippen LogP) is 3.77. The summed E-state index contributed by atoms with van der Waals surface area (Å²) in [6, 6.07) is 1.11. The van der Waals surface area contributed by atoms with E-state index in [1.165, 1.54) is 6.33 Å². The van der Waals surface area contributed by atoms with Gasteiger partial charge in [-0.15, -0.1) is 0 Å². The molecule has 2 amide bonds. The van der Waals surface area contributed by atoms with Crippen LogP contribution in [0.3, 0.4) is 0 Å². The molecule has 136 valence electrons. The van der Waals surface area contributed by atoms with E-state index >= 15 is 0 Å².